The molecule has 15 heavy (non-hydrogen) atoms. The zero-order valence-electron chi connectivity index (χ0n) is 10.3. The molecule has 3 nitrogen and oxygen atoms in total. The lowest BCUT2D eigenvalue weighted by Crippen LogP contribution is -2.36. The molecule has 2 atom stereocenters. The Morgan fingerprint density at radius 3 is 2.67 bits per heavy atom. The average molecular weight is 215 g/mol. The summed E-state index contributed by atoms with van der Waals surface area (Å²) in [5.41, 5.74) is 0. The zero-order valence-corrected chi connectivity index (χ0v) is 10.3. The molecule has 1 heterocycles. The van der Waals surface area contributed by atoms with E-state index in [-0.39, 0.29) is 6.10 Å². The van der Waals surface area contributed by atoms with Gasteiger partial charge in [0.15, 0.2) is 0 Å². The Morgan fingerprint density at radius 1 is 1.40 bits per heavy atom. The SMILES string of the molecule is CCC(CC)NCC(C)OC1CCOC1. The molecular weight excluding hydrogens is 190 g/mol. The first-order chi connectivity index (χ1) is 7.26. The standard InChI is InChI=1S/C12H25NO2/c1-4-11(5-2)13-8-10(3)15-12-6-7-14-9-12/h10-13H,4-9H2,1-3H3. The van der Waals surface area contributed by atoms with Gasteiger partial charge in [-0.1, -0.05) is 13.8 Å². The summed E-state index contributed by atoms with van der Waals surface area (Å²) in [7, 11) is 0. The summed E-state index contributed by atoms with van der Waals surface area (Å²) >= 11 is 0. The van der Waals surface area contributed by atoms with Gasteiger partial charge in [0.1, 0.15) is 0 Å². The van der Waals surface area contributed by atoms with Gasteiger partial charge in [-0.05, 0) is 26.2 Å². The second-order valence-electron chi connectivity index (χ2n) is 4.35. The van der Waals surface area contributed by atoms with E-state index in [1.54, 1.807) is 0 Å². The first-order valence-electron chi connectivity index (χ1n) is 6.22. The molecule has 1 aliphatic rings. The minimum atomic E-state index is 0.289. The summed E-state index contributed by atoms with van der Waals surface area (Å²) in [5, 5.41) is 3.53. The molecule has 0 saturated carbocycles. The van der Waals surface area contributed by atoms with Crippen LogP contribution in [0.3, 0.4) is 0 Å². The van der Waals surface area contributed by atoms with Gasteiger partial charge in [0.25, 0.3) is 0 Å². The van der Waals surface area contributed by atoms with Gasteiger partial charge < -0.3 is 14.8 Å². The lowest BCUT2D eigenvalue weighted by atomic mass is 10.1. The predicted octanol–water partition coefficient (Wildman–Crippen LogP) is 1.96. The molecule has 0 aromatic carbocycles. The lowest BCUT2D eigenvalue weighted by molar-refractivity contribution is -0.00672. The number of rotatable bonds is 7. The van der Waals surface area contributed by atoms with E-state index in [4.69, 9.17) is 9.47 Å². The third-order valence-electron chi connectivity index (χ3n) is 2.99. The Hall–Kier alpha value is -0.120. The van der Waals surface area contributed by atoms with Crippen LogP contribution in [0, 0.1) is 0 Å². The molecule has 1 rings (SSSR count). The minimum absolute atomic E-state index is 0.289. The van der Waals surface area contributed by atoms with Crippen LogP contribution in [0.2, 0.25) is 0 Å². The van der Waals surface area contributed by atoms with Crippen molar-refractivity contribution in [3.63, 3.8) is 0 Å². The van der Waals surface area contributed by atoms with Crippen molar-refractivity contribution in [1.82, 2.24) is 5.32 Å². The second-order valence-corrected chi connectivity index (χ2v) is 4.35. The molecule has 1 fully saturated rings. The molecule has 0 aromatic heterocycles. The van der Waals surface area contributed by atoms with Gasteiger partial charge in [-0.3, -0.25) is 0 Å². The Balaban J connectivity index is 2.09. The highest BCUT2D eigenvalue weighted by Crippen LogP contribution is 2.10. The first-order valence-corrected chi connectivity index (χ1v) is 6.22. The lowest BCUT2D eigenvalue weighted by Gasteiger charge is -2.21. The molecule has 1 N–H and O–H groups in total. The average Bonchev–Trinajstić information content (AvgIpc) is 2.72. The molecule has 0 aliphatic carbocycles. The van der Waals surface area contributed by atoms with Crippen molar-refractivity contribution >= 4 is 0 Å². The molecule has 0 bridgehead atoms. The fraction of sp³-hybridized carbons (Fsp3) is 1.00. The molecular formula is C12H25NO2. The van der Waals surface area contributed by atoms with E-state index in [2.05, 4.69) is 26.1 Å². The van der Waals surface area contributed by atoms with Crippen LogP contribution < -0.4 is 5.32 Å². The number of hydrogen-bond acceptors (Lipinski definition) is 3. The maximum absolute atomic E-state index is 5.86. The van der Waals surface area contributed by atoms with E-state index >= 15 is 0 Å². The van der Waals surface area contributed by atoms with Crippen LogP contribution in [-0.2, 0) is 9.47 Å². The van der Waals surface area contributed by atoms with Gasteiger partial charge >= 0.3 is 0 Å². The van der Waals surface area contributed by atoms with Crippen LogP contribution >= 0.6 is 0 Å². The molecule has 0 amide bonds. The Labute approximate surface area is 93.5 Å². The Bertz CT molecular complexity index is 154. The monoisotopic (exact) mass is 215 g/mol. The summed E-state index contributed by atoms with van der Waals surface area (Å²) < 4.78 is 11.1. The van der Waals surface area contributed by atoms with E-state index in [0.29, 0.717) is 12.1 Å². The number of ether oxygens (including phenoxy) is 2. The van der Waals surface area contributed by atoms with E-state index in [9.17, 15) is 0 Å². The molecule has 3 heteroatoms. The zero-order chi connectivity index (χ0) is 11.1. The van der Waals surface area contributed by atoms with Crippen LogP contribution in [0.5, 0.6) is 0 Å². The summed E-state index contributed by atoms with van der Waals surface area (Å²) in [6, 6.07) is 0.635. The molecule has 0 aromatic rings. The largest absolute Gasteiger partial charge is 0.379 e. The van der Waals surface area contributed by atoms with Crippen molar-refractivity contribution < 1.29 is 9.47 Å². The smallest absolute Gasteiger partial charge is 0.0834 e. The van der Waals surface area contributed by atoms with Gasteiger partial charge in [0, 0.05) is 19.2 Å². The van der Waals surface area contributed by atoms with Crippen molar-refractivity contribution in [2.45, 2.75) is 58.3 Å². The number of hydrogen-bond donors (Lipinski definition) is 1. The van der Waals surface area contributed by atoms with Crippen molar-refractivity contribution in [2.75, 3.05) is 19.8 Å². The van der Waals surface area contributed by atoms with Gasteiger partial charge in [0.2, 0.25) is 0 Å². The van der Waals surface area contributed by atoms with E-state index < -0.39 is 0 Å². The quantitative estimate of drug-likeness (QED) is 0.704. The van der Waals surface area contributed by atoms with Gasteiger partial charge in [-0.25, -0.2) is 0 Å². The third-order valence-corrected chi connectivity index (χ3v) is 2.99. The van der Waals surface area contributed by atoms with Gasteiger partial charge in [-0.15, -0.1) is 0 Å². The third kappa shape index (κ3) is 4.96. The second kappa shape index (κ2) is 7.20. The fourth-order valence-electron chi connectivity index (χ4n) is 1.91. The number of nitrogens with one attached hydrogen (secondary N) is 1. The molecule has 90 valence electrons. The minimum Gasteiger partial charge on any atom is -0.379 e. The maximum atomic E-state index is 5.86. The first kappa shape index (κ1) is 12.9. The van der Waals surface area contributed by atoms with E-state index in [1.165, 1.54) is 12.8 Å². The highest BCUT2D eigenvalue weighted by molar-refractivity contribution is 4.69. The summed E-state index contributed by atoms with van der Waals surface area (Å²) in [5.74, 6) is 0. The van der Waals surface area contributed by atoms with Crippen LogP contribution in [0.1, 0.15) is 40.0 Å². The van der Waals surface area contributed by atoms with Crippen molar-refractivity contribution in [3.8, 4) is 0 Å². The van der Waals surface area contributed by atoms with Gasteiger partial charge in [0.05, 0.1) is 18.8 Å². The Morgan fingerprint density at radius 2 is 2.13 bits per heavy atom. The predicted molar refractivity (Wildman–Crippen MR) is 62.1 cm³/mol. The summed E-state index contributed by atoms with van der Waals surface area (Å²) in [6.07, 6.45) is 4.04. The topological polar surface area (TPSA) is 30.5 Å². The summed E-state index contributed by atoms with van der Waals surface area (Å²) in [6.45, 7) is 9.15. The van der Waals surface area contributed by atoms with Crippen molar-refractivity contribution in [3.05, 3.63) is 0 Å². The normalized spacial score (nSPS) is 23.6. The van der Waals surface area contributed by atoms with Crippen LogP contribution in [0.15, 0.2) is 0 Å². The highest BCUT2D eigenvalue weighted by atomic mass is 16.5. The van der Waals surface area contributed by atoms with Crippen molar-refractivity contribution in [1.29, 1.82) is 0 Å². The molecule has 1 aliphatic heterocycles. The maximum Gasteiger partial charge on any atom is 0.0834 e. The highest BCUT2D eigenvalue weighted by Gasteiger charge is 2.18. The molecule has 0 radical (unpaired) electrons. The van der Waals surface area contributed by atoms with Crippen LogP contribution in [0.25, 0.3) is 0 Å². The van der Waals surface area contributed by atoms with E-state index in [1.807, 2.05) is 0 Å². The van der Waals surface area contributed by atoms with E-state index in [0.717, 1.165) is 26.2 Å². The van der Waals surface area contributed by atoms with Crippen molar-refractivity contribution in [2.24, 2.45) is 0 Å². The van der Waals surface area contributed by atoms with Crippen LogP contribution in [-0.4, -0.2) is 38.0 Å². The molecule has 0 spiro atoms. The van der Waals surface area contributed by atoms with Crippen LogP contribution in [0.4, 0.5) is 0 Å². The molecule has 2 unspecified atom stereocenters. The molecule has 1 saturated heterocycles. The van der Waals surface area contributed by atoms with Gasteiger partial charge in [-0.2, -0.15) is 0 Å². The fourth-order valence-corrected chi connectivity index (χ4v) is 1.91. The summed E-state index contributed by atoms with van der Waals surface area (Å²) in [4.78, 5) is 0. The Kier molecular flexibility index (Phi) is 6.22.